The number of nitrogens with zero attached hydrogens (tertiary/aromatic N) is 2. The summed E-state index contributed by atoms with van der Waals surface area (Å²) in [6.45, 7) is 7.08. The van der Waals surface area contributed by atoms with E-state index < -0.39 is 15.6 Å². The number of carbonyl (C=O) groups is 1. The minimum Gasteiger partial charge on any atom is -0.388 e. The number of nitrogens with one attached hydrogen (secondary N) is 2. The van der Waals surface area contributed by atoms with Crippen molar-refractivity contribution in [3.05, 3.63) is 28.8 Å². The van der Waals surface area contributed by atoms with Gasteiger partial charge in [-0.15, -0.1) is 0 Å². The second-order valence-corrected chi connectivity index (χ2v) is 12.3. The summed E-state index contributed by atoms with van der Waals surface area (Å²) in [5, 5.41) is 6.23. The number of benzene rings is 1. The molecule has 0 radical (unpaired) electrons. The van der Waals surface area contributed by atoms with Gasteiger partial charge in [0, 0.05) is 31.7 Å². The van der Waals surface area contributed by atoms with E-state index in [-0.39, 0.29) is 11.7 Å². The molecule has 33 heavy (non-hydrogen) atoms. The largest absolute Gasteiger partial charge is 0.388 e. The molecule has 182 valence electrons. The van der Waals surface area contributed by atoms with Crippen LogP contribution in [-0.2, 0) is 21.2 Å². The lowest BCUT2D eigenvalue weighted by atomic mass is 9.82. The third-order valence-corrected chi connectivity index (χ3v) is 10.0. The topological polar surface area (TPSA) is 90.9 Å². The summed E-state index contributed by atoms with van der Waals surface area (Å²) >= 11 is 0. The van der Waals surface area contributed by atoms with E-state index in [0.29, 0.717) is 38.3 Å². The SMILES string of the molecule is CNc1ccc(CCS(=O)(=O)N2CCC3(CC2)N=C(C2CCC(C)CC2)NC3=O)c(C)c1C. The van der Waals surface area contributed by atoms with Crippen molar-refractivity contribution < 1.29 is 13.2 Å². The van der Waals surface area contributed by atoms with Gasteiger partial charge in [-0.25, -0.2) is 12.7 Å². The van der Waals surface area contributed by atoms with Crippen molar-refractivity contribution in [2.75, 3.05) is 31.2 Å². The van der Waals surface area contributed by atoms with Gasteiger partial charge in [-0.1, -0.05) is 25.8 Å². The quantitative estimate of drug-likeness (QED) is 0.661. The van der Waals surface area contributed by atoms with E-state index in [1.165, 1.54) is 12.8 Å². The molecule has 1 amide bonds. The Morgan fingerprint density at radius 1 is 1.12 bits per heavy atom. The second kappa shape index (κ2) is 9.37. The van der Waals surface area contributed by atoms with Crippen molar-refractivity contribution in [2.24, 2.45) is 16.8 Å². The highest BCUT2D eigenvalue weighted by atomic mass is 32.2. The summed E-state index contributed by atoms with van der Waals surface area (Å²) in [7, 11) is -1.50. The van der Waals surface area contributed by atoms with Crippen LogP contribution in [0.3, 0.4) is 0 Å². The molecular weight excluding hydrogens is 436 g/mol. The molecule has 2 heterocycles. The summed E-state index contributed by atoms with van der Waals surface area (Å²) in [5.41, 5.74) is 3.64. The number of aryl methyl sites for hydroxylation is 1. The number of amides is 1. The van der Waals surface area contributed by atoms with Crippen LogP contribution >= 0.6 is 0 Å². The Morgan fingerprint density at radius 2 is 1.79 bits per heavy atom. The van der Waals surface area contributed by atoms with Gasteiger partial charge >= 0.3 is 0 Å². The number of carbonyl (C=O) groups excluding carboxylic acids is 1. The fraction of sp³-hybridized carbons (Fsp3) is 0.680. The monoisotopic (exact) mass is 474 g/mol. The molecule has 2 aliphatic heterocycles. The number of amidine groups is 1. The Hall–Kier alpha value is -1.93. The van der Waals surface area contributed by atoms with Crippen molar-refractivity contribution in [1.29, 1.82) is 0 Å². The molecule has 1 saturated carbocycles. The number of rotatable bonds is 6. The molecule has 1 saturated heterocycles. The first-order valence-corrected chi connectivity index (χ1v) is 13.9. The Kier molecular flexibility index (Phi) is 6.87. The van der Waals surface area contributed by atoms with Crippen LogP contribution in [0.4, 0.5) is 5.69 Å². The van der Waals surface area contributed by atoms with Crippen LogP contribution in [0, 0.1) is 25.7 Å². The molecule has 3 aliphatic rings. The van der Waals surface area contributed by atoms with Crippen LogP contribution in [0.15, 0.2) is 17.1 Å². The van der Waals surface area contributed by atoms with Gasteiger partial charge in [0.15, 0.2) is 0 Å². The number of anilines is 1. The molecule has 0 bridgehead atoms. The van der Waals surface area contributed by atoms with Crippen molar-refractivity contribution in [1.82, 2.24) is 9.62 Å². The number of hydrogen-bond donors (Lipinski definition) is 2. The molecule has 0 aromatic heterocycles. The third kappa shape index (κ3) is 4.83. The predicted molar refractivity (Wildman–Crippen MR) is 133 cm³/mol. The predicted octanol–water partition coefficient (Wildman–Crippen LogP) is 3.41. The molecule has 0 unspecified atom stereocenters. The van der Waals surface area contributed by atoms with Crippen LogP contribution in [0.5, 0.6) is 0 Å². The first-order chi connectivity index (χ1) is 15.6. The standard InChI is InChI=1S/C25H38N4O3S/c1-17-5-7-21(8-6-17)23-27-24(30)25(28-23)12-14-29(15-13-25)33(31,32)16-11-20-9-10-22(26-4)19(3)18(20)2/h9-10,17,21,26H,5-8,11-16H2,1-4H3,(H,27,28,30). The second-order valence-electron chi connectivity index (χ2n) is 10.2. The van der Waals surface area contributed by atoms with E-state index in [1.807, 2.05) is 26.1 Å². The van der Waals surface area contributed by atoms with E-state index in [1.54, 1.807) is 4.31 Å². The fourth-order valence-corrected chi connectivity index (χ4v) is 7.00. The van der Waals surface area contributed by atoms with Gasteiger partial charge in [0.1, 0.15) is 11.4 Å². The Balaban J connectivity index is 1.38. The number of aliphatic imine (C=N–C) groups is 1. The Bertz CT molecular complexity index is 1030. The summed E-state index contributed by atoms with van der Waals surface area (Å²) in [4.78, 5) is 17.7. The van der Waals surface area contributed by atoms with Crippen molar-refractivity contribution in [3.8, 4) is 0 Å². The first kappa shape index (κ1) is 24.2. The van der Waals surface area contributed by atoms with Crippen LogP contribution < -0.4 is 10.6 Å². The van der Waals surface area contributed by atoms with E-state index in [0.717, 1.165) is 47.0 Å². The highest BCUT2D eigenvalue weighted by Crippen LogP contribution is 2.36. The molecule has 1 aromatic rings. The molecule has 2 N–H and O–H groups in total. The van der Waals surface area contributed by atoms with E-state index in [9.17, 15) is 13.2 Å². The van der Waals surface area contributed by atoms with E-state index >= 15 is 0 Å². The van der Waals surface area contributed by atoms with Crippen LogP contribution in [0.2, 0.25) is 0 Å². The van der Waals surface area contributed by atoms with Crippen LogP contribution in [0.25, 0.3) is 0 Å². The molecule has 0 atom stereocenters. The van der Waals surface area contributed by atoms with Gasteiger partial charge in [-0.2, -0.15) is 0 Å². The van der Waals surface area contributed by atoms with Gasteiger partial charge < -0.3 is 10.6 Å². The van der Waals surface area contributed by atoms with Crippen LogP contribution in [0.1, 0.15) is 62.1 Å². The maximum atomic E-state index is 13.1. The molecule has 4 rings (SSSR count). The number of sulfonamides is 1. The van der Waals surface area contributed by atoms with Crippen molar-refractivity contribution >= 4 is 27.5 Å². The maximum absolute atomic E-state index is 13.1. The molecular formula is C25H38N4O3S. The van der Waals surface area contributed by atoms with Gasteiger partial charge in [-0.3, -0.25) is 9.79 Å². The van der Waals surface area contributed by atoms with Gasteiger partial charge in [0.05, 0.1) is 5.75 Å². The lowest BCUT2D eigenvalue weighted by Crippen LogP contribution is -2.51. The van der Waals surface area contributed by atoms with Crippen LogP contribution in [-0.4, -0.2) is 55.9 Å². The zero-order valence-electron chi connectivity index (χ0n) is 20.4. The summed E-state index contributed by atoms with van der Waals surface area (Å²) in [6, 6.07) is 4.02. The highest BCUT2D eigenvalue weighted by Gasteiger charge is 2.48. The molecule has 8 heteroatoms. The molecule has 2 fully saturated rings. The Labute approximate surface area is 198 Å². The molecule has 1 aromatic carbocycles. The number of piperidine rings is 1. The van der Waals surface area contributed by atoms with Gasteiger partial charge in [0.2, 0.25) is 10.0 Å². The summed E-state index contributed by atoms with van der Waals surface area (Å²) < 4.78 is 27.7. The van der Waals surface area contributed by atoms with Crippen molar-refractivity contribution in [3.63, 3.8) is 0 Å². The lowest BCUT2D eigenvalue weighted by molar-refractivity contribution is -0.125. The smallest absolute Gasteiger partial charge is 0.253 e. The molecule has 7 nitrogen and oxygen atoms in total. The van der Waals surface area contributed by atoms with Gasteiger partial charge in [-0.05, 0) is 74.6 Å². The highest BCUT2D eigenvalue weighted by molar-refractivity contribution is 7.89. The maximum Gasteiger partial charge on any atom is 0.253 e. The minimum atomic E-state index is -3.39. The van der Waals surface area contributed by atoms with Gasteiger partial charge in [0.25, 0.3) is 5.91 Å². The average Bonchev–Trinajstić information content (AvgIpc) is 3.11. The van der Waals surface area contributed by atoms with E-state index in [2.05, 4.69) is 24.5 Å². The zero-order valence-corrected chi connectivity index (χ0v) is 21.2. The minimum absolute atomic E-state index is 0.0381. The average molecular weight is 475 g/mol. The zero-order chi connectivity index (χ0) is 23.8. The third-order valence-electron chi connectivity index (χ3n) is 8.14. The normalized spacial score (nSPS) is 25.7. The fourth-order valence-electron chi connectivity index (χ4n) is 5.53. The molecule has 1 aliphatic carbocycles. The number of hydrogen-bond acceptors (Lipinski definition) is 5. The van der Waals surface area contributed by atoms with Crippen molar-refractivity contribution in [2.45, 2.75) is 71.3 Å². The lowest BCUT2D eigenvalue weighted by Gasteiger charge is -2.34. The summed E-state index contributed by atoms with van der Waals surface area (Å²) in [5.74, 6) is 1.98. The molecule has 1 spiro atoms. The Morgan fingerprint density at radius 3 is 2.42 bits per heavy atom. The summed E-state index contributed by atoms with van der Waals surface area (Å²) in [6.07, 6.45) is 5.91. The van der Waals surface area contributed by atoms with E-state index in [4.69, 9.17) is 4.99 Å². The first-order valence-electron chi connectivity index (χ1n) is 12.3.